The van der Waals surface area contributed by atoms with E-state index in [0.29, 0.717) is 12.1 Å². The summed E-state index contributed by atoms with van der Waals surface area (Å²) >= 11 is 0. The number of benzene rings is 3. The van der Waals surface area contributed by atoms with E-state index in [-0.39, 0.29) is 5.91 Å². The average Bonchev–Trinajstić information content (AvgIpc) is 2.88. The van der Waals surface area contributed by atoms with E-state index in [0.717, 1.165) is 54.3 Å². The van der Waals surface area contributed by atoms with Gasteiger partial charge in [-0.3, -0.25) is 4.79 Å². The molecule has 0 heterocycles. The van der Waals surface area contributed by atoms with Crippen molar-refractivity contribution in [1.82, 2.24) is 10.2 Å². The molecule has 5 heteroatoms. The average molecular weight is 458 g/mol. The number of hydrogen-bond acceptors (Lipinski definition) is 4. The molecule has 3 aromatic carbocycles. The van der Waals surface area contributed by atoms with Crippen molar-refractivity contribution in [2.24, 2.45) is 0 Å². The number of ether oxygens (including phenoxy) is 1. The van der Waals surface area contributed by atoms with Gasteiger partial charge < -0.3 is 20.3 Å². The summed E-state index contributed by atoms with van der Waals surface area (Å²) in [6.45, 7) is 8.07. The van der Waals surface area contributed by atoms with Crippen molar-refractivity contribution >= 4 is 29.4 Å². The van der Waals surface area contributed by atoms with E-state index in [1.807, 2.05) is 60.7 Å². The van der Waals surface area contributed by atoms with Crippen LogP contribution in [0.2, 0.25) is 0 Å². The third kappa shape index (κ3) is 7.78. The van der Waals surface area contributed by atoms with E-state index in [9.17, 15) is 4.79 Å². The summed E-state index contributed by atoms with van der Waals surface area (Å²) in [6, 6.07) is 23.7. The SMILES string of the molecule is CCN(CC)CCCNC(=O)c1cccc(Nc2cccc(/C=C/c3ccc(OC)cc3)c2)c1. The number of carbonyl (C=O) groups excluding carboxylic acids is 1. The van der Waals surface area contributed by atoms with Gasteiger partial charge >= 0.3 is 0 Å². The number of methoxy groups -OCH3 is 1. The van der Waals surface area contributed by atoms with Crippen molar-refractivity contribution in [1.29, 1.82) is 0 Å². The highest BCUT2D eigenvalue weighted by Crippen LogP contribution is 2.20. The smallest absolute Gasteiger partial charge is 0.251 e. The zero-order chi connectivity index (χ0) is 24.2. The zero-order valence-electron chi connectivity index (χ0n) is 20.4. The second-order valence-electron chi connectivity index (χ2n) is 8.07. The summed E-state index contributed by atoms with van der Waals surface area (Å²) in [5.74, 6) is 0.804. The largest absolute Gasteiger partial charge is 0.497 e. The van der Waals surface area contributed by atoms with Gasteiger partial charge in [0.05, 0.1) is 7.11 Å². The van der Waals surface area contributed by atoms with Crippen LogP contribution in [-0.4, -0.2) is 44.1 Å². The van der Waals surface area contributed by atoms with Crippen LogP contribution in [0.5, 0.6) is 5.75 Å². The molecule has 0 atom stereocenters. The van der Waals surface area contributed by atoms with Gasteiger partial charge in [-0.15, -0.1) is 0 Å². The number of nitrogens with zero attached hydrogens (tertiary/aromatic N) is 1. The predicted molar refractivity (Wildman–Crippen MR) is 143 cm³/mol. The Bertz CT molecular complexity index is 1070. The van der Waals surface area contributed by atoms with E-state index in [4.69, 9.17) is 4.74 Å². The molecule has 0 saturated heterocycles. The maximum absolute atomic E-state index is 12.6. The Labute approximate surface area is 203 Å². The third-order valence-corrected chi connectivity index (χ3v) is 5.72. The number of rotatable bonds is 12. The van der Waals surface area contributed by atoms with Crippen LogP contribution in [-0.2, 0) is 0 Å². The molecule has 3 aromatic rings. The molecular formula is C29H35N3O2. The molecule has 0 spiro atoms. The minimum Gasteiger partial charge on any atom is -0.497 e. The molecule has 0 aliphatic heterocycles. The molecular weight excluding hydrogens is 422 g/mol. The Morgan fingerprint density at radius 3 is 2.26 bits per heavy atom. The zero-order valence-corrected chi connectivity index (χ0v) is 20.4. The Morgan fingerprint density at radius 2 is 1.56 bits per heavy atom. The molecule has 0 aliphatic rings. The van der Waals surface area contributed by atoms with Crippen molar-refractivity contribution in [3.05, 3.63) is 89.5 Å². The molecule has 0 fully saturated rings. The van der Waals surface area contributed by atoms with Crippen LogP contribution < -0.4 is 15.4 Å². The maximum atomic E-state index is 12.6. The molecule has 0 radical (unpaired) electrons. The summed E-state index contributed by atoms with van der Waals surface area (Å²) in [7, 11) is 1.67. The molecule has 0 aliphatic carbocycles. The van der Waals surface area contributed by atoms with Gasteiger partial charge in [0.25, 0.3) is 5.91 Å². The quantitative estimate of drug-likeness (QED) is 0.256. The predicted octanol–water partition coefficient (Wildman–Crippen LogP) is 6.07. The normalized spacial score (nSPS) is 11.1. The fraction of sp³-hybridized carbons (Fsp3) is 0.276. The number of carbonyl (C=O) groups is 1. The fourth-order valence-corrected chi connectivity index (χ4v) is 3.68. The Balaban J connectivity index is 1.57. The van der Waals surface area contributed by atoms with Crippen LogP contribution in [0.3, 0.4) is 0 Å². The van der Waals surface area contributed by atoms with Crippen LogP contribution in [0, 0.1) is 0 Å². The van der Waals surface area contributed by atoms with Crippen LogP contribution in [0.4, 0.5) is 11.4 Å². The van der Waals surface area contributed by atoms with Crippen molar-refractivity contribution < 1.29 is 9.53 Å². The summed E-state index contributed by atoms with van der Waals surface area (Å²) in [6.07, 6.45) is 5.10. The summed E-state index contributed by atoms with van der Waals surface area (Å²) < 4.78 is 5.21. The van der Waals surface area contributed by atoms with E-state index in [1.54, 1.807) is 7.11 Å². The molecule has 0 bridgehead atoms. The first-order valence-electron chi connectivity index (χ1n) is 11.9. The number of anilines is 2. The Kier molecular flexibility index (Phi) is 9.74. The molecule has 0 saturated carbocycles. The van der Waals surface area contributed by atoms with E-state index < -0.39 is 0 Å². The standard InChI is InChI=1S/C29H35N3O2/c1-4-32(5-2)20-8-19-30-29(33)25-10-7-12-27(22-25)31-26-11-6-9-24(21-26)14-13-23-15-17-28(34-3)18-16-23/h6-7,9-18,21-22,31H,4-5,8,19-20H2,1-3H3,(H,30,33)/b14-13+. The topological polar surface area (TPSA) is 53.6 Å². The lowest BCUT2D eigenvalue weighted by atomic mass is 10.1. The van der Waals surface area contributed by atoms with Gasteiger partial charge in [-0.1, -0.05) is 56.3 Å². The minimum atomic E-state index is -0.0422. The van der Waals surface area contributed by atoms with Crippen molar-refractivity contribution in [3.8, 4) is 5.75 Å². The minimum absolute atomic E-state index is 0.0422. The summed E-state index contributed by atoms with van der Waals surface area (Å²) in [5, 5.41) is 6.44. The highest BCUT2D eigenvalue weighted by atomic mass is 16.5. The van der Waals surface area contributed by atoms with Crippen LogP contribution in [0.1, 0.15) is 41.8 Å². The molecule has 5 nitrogen and oxygen atoms in total. The maximum Gasteiger partial charge on any atom is 0.251 e. The van der Waals surface area contributed by atoms with Crippen LogP contribution in [0.15, 0.2) is 72.8 Å². The molecule has 0 unspecified atom stereocenters. The van der Waals surface area contributed by atoms with Gasteiger partial charge in [0.2, 0.25) is 0 Å². The Morgan fingerprint density at radius 1 is 0.882 bits per heavy atom. The molecule has 34 heavy (non-hydrogen) atoms. The van der Waals surface area contributed by atoms with Gasteiger partial charge in [-0.05, 0) is 79.6 Å². The first-order chi connectivity index (χ1) is 16.6. The van der Waals surface area contributed by atoms with E-state index in [2.05, 4.69) is 53.7 Å². The van der Waals surface area contributed by atoms with Crippen LogP contribution >= 0.6 is 0 Å². The molecule has 3 rings (SSSR count). The molecule has 0 aromatic heterocycles. The lowest BCUT2D eigenvalue weighted by Gasteiger charge is -2.17. The van der Waals surface area contributed by atoms with Gasteiger partial charge in [0, 0.05) is 23.5 Å². The number of hydrogen-bond donors (Lipinski definition) is 2. The number of nitrogens with one attached hydrogen (secondary N) is 2. The van der Waals surface area contributed by atoms with Crippen molar-refractivity contribution in [3.63, 3.8) is 0 Å². The first-order valence-corrected chi connectivity index (χ1v) is 11.9. The first kappa shape index (κ1) is 25.1. The Hall–Kier alpha value is -3.57. The van der Waals surface area contributed by atoms with Gasteiger partial charge in [0.1, 0.15) is 5.75 Å². The van der Waals surface area contributed by atoms with E-state index >= 15 is 0 Å². The van der Waals surface area contributed by atoms with Gasteiger partial charge in [-0.25, -0.2) is 0 Å². The molecule has 2 N–H and O–H groups in total. The number of amides is 1. The van der Waals surface area contributed by atoms with E-state index in [1.165, 1.54) is 0 Å². The highest BCUT2D eigenvalue weighted by molar-refractivity contribution is 5.95. The third-order valence-electron chi connectivity index (χ3n) is 5.72. The lowest BCUT2D eigenvalue weighted by molar-refractivity contribution is 0.0952. The summed E-state index contributed by atoms with van der Waals surface area (Å²) in [4.78, 5) is 14.9. The monoisotopic (exact) mass is 457 g/mol. The van der Waals surface area contributed by atoms with Gasteiger partial charge in [0.15, 0.2) is 0 Å². The fourth-order valence-electron chi connectivity index (χ4n) is 3.68. The van der Waals surface area contributed by atoms with Crippen LogP contribution in [0.25, 0.3) is 12.2 Å². The second-order valence-corrected chi connectivity index (χ2v) is 8.07. The molecule has 178 valence electrons. The lowest BCUT2D eigenvalue weighted by Crippen LogP contribution is -2.29. The van der Waals surface area contributed by atoms with Crippen molar-refractivity contribution in [2.45, 2.75) is 20.3 Å². The van der Waals surface area contributed by atoms with Crippen molar-refractivity contribution in [2.75, 3.05) is 38.6 Å². The second kappa shape index (κ2) is 13.2. The summed E-state index contributed by atoms with van der Waals surface area (Å²) in [5.41, 5.74) is 4.70. The highest BCUT2D eigenvalue weighted by Gasteiger charge is 2.07. The van der Waals surface area contributed by atoms with Gasteiger partial charge in [-0.2, -0.15) is 0 Å². The molecule has 1 amide bonds.